The van der Waals surface area contributed by atoms with Crippen molar-refractivity contribution in [3.05, 3.63) is 75.8 Å². The first-order valence-electron chi connectivity index (χ1n) is 8.35. The van der Waals surface area contributed by atoms with Crippen LogP contribution in [-0.2, 0) is 20.7 Å². The van der Waals surface area contributed by atoms with E-state index in [0.29, 0.717) is 5.56 Å². The van der Waals surface area contributed by atoms with E-state index in [2.05, 4.69) is 15.4 Å². The molecule has 0 radical (unpaired) electrons. The number of ether oxygens (including phenoxy) is 1. The molecule has 0 spiro atoms. The highest BCUT2D eigenvalue weighted by molar-refractivity contribution is 5.96. The number of amides is 2. The number of carbonyl (C=O) groups is 3. The number of para-hydroxylation sites is 1. The van der Waals surface area contributed by atoms with Crippen molar-refractivity contribution < 1.29 is 24.0 Å². The number of benzene rings is 2. The summed E-state index contributed by atoms with van der Waals surface area (Å²) >= 11 is 0. The van der Waals surface area contributed by atoms with Crippen LogP contribution in [0.25, 0.3) is 0 Å². The van der Waals surface area contributed by atoms with Crippen LogP contribution in [0, 0.1) is 10.1 Å². The first-order chi connectivity index (χ1) is 13.4. The zero-order valence-electron chi connectivity index (χ0n) is 15.1. The molecule has 0 aromatic heterocycles. The smallest absolute Gasteiger partial charge is 0.328 e. The van der Waals surface area contributed by atoms with Gasteiger partial charge in [0.2, 0.25) is 5.91 Å². The molecule has 9 nitrogen and oxygen atoms in total. The Bertz CT molecular complexity index is 869. The number of nitro groups is 1. The van der Waals surface area contributed by atoms with Gasteiger partial charge in [0.1, 0.15) is 6.04 Å². The van der Waals surface area contributed by atoms with E-state index in [1.165, 1.54) is 18.2 Å². The minimum Gasteiger partial charge on any atom is -0.467 e. The van der Waals surface area contributed by atoms with Gasteiger partial charge in [0.15, 0.2) is 0 Å². The standard InChI is InChI=1S/C19H19N3O6/c1-28-19(25)15(11-14-9-5-6-10-16(14)22(26)27)21-17(23)12-20-18(24)13-7-3-2-4-8-13/h2-10,15H,11-12H2,1H3,(H,20,24)(H,21,23)/t15-/m0/s1. The van der Waals surface area contributed by atoms with Crippen LogP contribution in [0.4, 0.5) is 5.69 Å². The number of nitrogens with zero attached hydrogens (tertiary/aromatic N) is 1. The Labute approximate surface area is 160 Å². The van der Waals surface area contributed by atoms with Crippen molar-refractivity contribution in [1.82, 2.24) is 10.6 Å². The number of hydrogen-bond donors (Lipinski definition) is 2. The molecule has 0 fully saturated rings. The Kier molecular flexibility index (Phi) is 7.21. The van der Waals surface area contributed by atoms with Gasteiger partial charge in [-0.2, -0.15) is 0 Å². The number of esters is 1. The third-order valence-electron chi connectivity index (χ3n) is 3.88. The Morgan fingerprint density at radius 3 is 2.36 bits per heavy atom. The van der Waals surface area contributed by atoms with Crippen LogP contribution in [-0.4, -0.2) is 42.4 Å². The molecule has 146 valence electrons. The van der Waals surface area contributed by atoms with Crippen LogP contribution >= 0.6 is 0 Å². The molecule has 0 aliphatic carbocycles. The number of nitro benzene ring substituents is 1. The highest BCUT2D eigenvalue weighted by Crippen LogP contribution is 2.19. The first-order valence-corrected chi connectivity index (χ1v) is 8.35. The van der Waals surface area contributed by atoms with E-state index in [9.17, 15) is 24.5 Å². The quantitative estimate of drug-likeness (QED) is 0.400. The van der Waals surface area contributed by atoms with Gasteiger partial charge < -0.3 is 15.4 Å². The molecule has 0 heterocycles. The fraction of sp³-hybridized carbons (Fsp3) is 0.211. The Morgan fingerprint density at radius 1 is 1.07 bits per heavy atom. The maximum absolute atomic E-state index is 12.2. The molecular weight excluding hydrogens is 366 g/mol. The molecule has 1 atom stereocenters. The van der Waals surface area contributed by atoms with Gasteiger partial charge in [-0.3, -0.25) is 19.7 Å². The largest absolute Gasteiger partial charge is 0.467 e. The van der Waals surface area contributed by atoms with Gasteiger partial charge in [0.05, 0.1) is 18.6 Å². The van der Waals surface area contributed by atoms with E-state index >= 15 is 0 Å². The maximum Gasteiger partial charge on any atom is 0.328 e. The number of methoxy groups -OCH3 is 1. The molecule has 2 aromatic rings. The normalized spacial score (nSPS) is 11.2. The van der Waals surface area contributed by atoms with E-state index in [0.717, 1.165) is 7.11 Å². The SMILES string of the molecule is COC(=O)[C@H](Cc1ccccc1[N+](=O)[O-])NC(=O)CNC(=O)c1ccccc1. The summed E-state index contributed by atoms with van der Waals surface area (Å²) in [5, 5.41) is 16.0. The van der Waals surface area contributed by atoms with Crippen LogP contribution in [0.1, 0.15) is 15.9 Å². The van der Waals surface area contributed by atoms with Gasteiger partial charge in [-0.05, 0) is 12.1 Å². The van der Waals surface area contributed by atoms with E-state index in [1.807, 2.05) is 0 Å². The minimum absolute atomic E-state index is 0.123. The minimum atomic E-state index is -1.13. The van der Waals surface area contributed by atoms with Crippen LogP contribution in [0.3, 0.4) is 0 Å². The summed E-state index contributed by atoms with van der Waals surface area (Å²) in [4.78, 5) is 46.7. The van der Waals surface area contributed by atoms with Crippen molar-refractivity contribution in [3.63, 3.8) is 0 Å². The van der Waals surface area contributed by atoms with Crippen LogP contribution < -0.4 is 10.6 Å². The predicted molar refractivity (Wildman–Crippen MR) is 99.5 cm³/mol. The number of nitrogens with one attached hydrogen (secondary N) is 2. The number of hydrogen-bond acceptors (Lipinski definition) is 6. The summed E-state index contributed by atoms with van der Waals surface area (Å²) in [6.07, 6.45) is -0.123. The zero-order chi connectivity index (χ0) is 20.5. The summed E-state index contributed by atoms with van der Waals surface area (Å²) in [5.74, 6) is -1.82. The molecule has 0 aliphatic heterocycles. The molecule has 2 aromatic carbocycles. The summed E-state index contributed by atoms with van der Waals surface area (Å²) in [7, 11) is 1.15. The van der Waals surface area contributed by atoms with E-state index in [4.69, 9.17) is 0 Å². The van der Waals surface area contributed by atoms with Crippen molar-refractivity contribution in [3.8, 4) is 0 Å². The lowest BCUT2D eigenvalue weighted by molar-refractivity contribution is -0.385. The topological polar surface area (TPSA) is 128 Å². The molecule has 9 heteroatoms. The van der Waals surface area contributed by atoms with Crippen molar-refractivity contribution in [2.75, 3.05) is 13.7 Å². The number of rotatable bonds is 8. The second-order valence-corrected chi connectivity index (χ2v) is 5.78. The Morgan fingerprint density at radius 2 is 1.71 bits per heavy atom. The van der Waals surface area contributed by atoms with Crippen LogP contribution in [0.5, 0.6) is 0 Å². The maximum atomic E-state index is 12.2. The highest BCUT2D eigenvalue weighted by atomic mass is 16.6. The first kappa shape index (κ1) is 20.6. The fourth-order valence-electron chi connectivity index (χ4n) is 2.51. The monoisotopic (exact) mass is 385 g/mol. The Hall–Kier alpha value is -3.75. The summed E-state index contributed by atoms with van der Waals surface area (Å²) in [5.41, 5.74) is 0.499. The second-order valence-electron chi connectivity index (χ2n) is 5.78. The van der Waals surface area contributed by atoms with Crippen molar-refractivity contribution in [1.29, 1.82) is 0 Å². The molecular formula is C19H19N3O6. The van der Waals surface area contributed by atoms with Gasteiger partial charge in [-0.25, -0.2) is 4.79 Å². The second kappa shape index (κ2) is 9.81. The lowest BCUT2D eigenvalue weighted by Gasteiger charge is -2.17. The molecule has 2 amide bonds. The Balaban J connectivity index is 2.02. The molecule has 2 rings (SSSR count). The molecule has 0 saturated carbocycles. The van der Waals surface area contributed by atoms with Crippen LogP contribution in [0.15, 0.2) is 54.6 Å². The molecule has 28 heavy (non-hydrogen) atoms. The molecule has 0 unspecified atom stereocenters. The van der Waals surface area contributed by atoms with E-state index < -0.39 is 28.7 Å². The van der Waals surface area contributed by atoms with Crippen molar-refractivity contribution in [2.45, 2.75) is 12.5 Å². The highest BCUT2D eigenvalue weighted by Gasteiger charge is 2.25. The average Bonchev–Trinajstić information content (AvgIpc) is 2.71. The molecule has 0 aliphatic rings. The third kappa shape index (κ3) is 5.63. The van der Waals surface area contributed by atoms with Crippen LogP contribution in [0.2, 0.25) is 0 Å². The van der Waals surface area contributed by atoms with E-state index in [-0.39, 0.29) is 24.2 Å². The summed E-state index contributed by atoms with van der Waals surface area (Å²) < 4.78 is 4.67. The summed E-state index contributed by atoms with van der Waals surface area (Å²) in [6, 6.07) is 13.1. The van der Waals surface area contributed by atoms with Gasteiger partial charge in [0, 0.05) is 23.6 Å². The van der Waals surface area contributed by atoms with Gasteiger partial charge in [-0.1, -0.05) is 36.4 Å². The van der Waals surface area contributed by atoms with Crippen molar-refractivity contribution >= 4 is 23.5 Å². The fourth-order valence-corrected chi connectivity index (χ4v) is 2.51. The molecule has 0 saturated heterocycles. The van der Waals surface area contributed by atoms with Gasteiger partial charge in [0.25, 0.3) is 11.6 Å². The van der Waals surface area contributed by atoms with Gasteiger partial charge >= 0.3 is 5.97 Å². The lowest BCUT2D eigenvalue weighted by Crippen LogP contribution is -2.47. The lowest BCUT2D eigenvalue weighted by atomic mass is 10.0. The predicted octanol–water partition coefficient (Wildman–Crippen LogP) is 1.23. The summed E-state index contributed by atoms with van der Waals surface area (Å²) in [6.45, 7) is -0.363. The van der Waals surface area contributed by atoms with Crippen molar-refractivity contribution in [2.24, 2.45) is 0 Å². The average molecular weight is 385 g/mol. The number of carbonyl (C=O) groups excluding carboxylic acids is 3. The third-order valence-corrected chi connectivity index (χ3v) is 3.88. The molecule has 0 bridgehead atoms. The molecule has 2 N–H and O–H groups in total. The van der Waals surface area contributed by atoms with Gasteiger partial charge in [-0.15, -0.1) is 0 Å². The zero-order valence-corrected chi connectivity index (χ0v) is 15.1. The van der Waals surface area contributed by atoms with E-state index in [1.54, 1.807) is 36.4 Å².